The highest BCUT2D eigenvalue weighted by Gasteiger charge is 2.34. The van der Waals surface area contributed by atoms with Gasteiger partial charge in [0.05, 0.1) is 5.56 Å². The zero-order valence-electron chi connectivity index (χ0n) is 6.19. The van der Waals surface area contributed by atoms with Crippen molar-refractivity contribution >= 4 is 18.3 Å². The molecule has 0 radical (unpaired) electrons. The summed E-state index contributed by atoms with van der Waals surface area (Å²) in [5, 5.41) is 0. The van der Waals surface area contributed by atoms with E-state index in [1.807, 2.05) is 0 Å². The van der Waals surface area contributed by atoms with Crippen LogP contribution in [0.15, 0.2) is 17.0 Å². The molecule has 1 aromatic rings. The Bertz CT molecular complexity index is 334. The fourth-order valence-corrected chi connectivity index (χ4v) is 0.988. The highest BCUT2D eigenvalue weighted by molar-refractivity contribution is 7.80. The van der Waals surface area contributed by atoms with Crippen LogP contribution >= 0.6 is 12.6 Å². The predicted molar refractivity (Wildman–Crippen MR) is 43.1 cm³/mol. The van der Waals surface area contributed by atoms with E-state index in [9.17, 15) is 17.6 Å². The fraction of sp³-hybridized carbons (Fsp3) is 0.143. The van der Waals surface area contributed by atoms with Gasteiger partial charge in [-0.25, -0.2) is 4.39 Å². The average molecular weight is 211 g/mol. The Balaban J connectivity index is 3.32. The van der Waals surface area contributed by atoms with E-state index in [4.69, 9.17) is 5.73 Å². The summed E-state index contributed by atoms with van der Waals surface area (Å²) in [5.41, 5.74) is 3.68. The standard InChI is InChI=1S/C7H5F4NS/c8-4-2-5(12)6(13)1-3(4)7(9,10)11/h1-2,13H,12H2. The number of hydrogen-bond donors (Lipinski definition) is 2. The van der Waals surface area contributed by atoms with Gasteiger partial charge in [-0.05, 0) is 12.1 Å². The van der Waals surface area contributed by atoms with Crippen molar-refractivity contribution in [2.24, 2.45) is 0 Å². The molecule has 0 saturated carbocycles. The monoisotopic (exact) mass is 211 g/mol. The molecule has 1 rings (SSSR count). The SMILES string of the molecule is Nc1cc(F)c(C(F)(F)F)cc1S. The van der Waals surface area contributed by atoms with Gasteiger partial charge in [-0.3, -0.25) is 0 Å². The average Bonchev–Trinajstić information content (AvgIpc) is 1.94. The van der Waals surface area contributed by atoms with Crippen LogP contribution in [0.5, 0.6) is 0 Å². The molecule has 1 aromatic carbocycles. The van der Waals surface area contributed by atoms with Crippen molar-refractivity contribution < 1.29 is 17.6 Å². The van der Waals surface area contributed by atoms with E-state index in [0.29, 0.717) is 12.1 Å². The first kappa shape index (κ1) is 10.2. The number of thiol groups is 1. The van der Waals surface area contributed by atoms with Crippen molar-refractivity contribution in [3.05, 3.63) is 23.5 Å². The Morgan fingerprint density at radius 3 is 2.23 bits per heavy atom. The first-order valence-electron chi connectivity index (χ1n) is 3.17. The highest BCUT2D eigenvalue weighted by Crippen LogP contribution is 2.34. The second kappa shape index (κ2) is 3.10. The van der Waals surface area contributed by atoms with E-state index in [1.54, 1.807) is 0 Å². The van der Waals surface area contributed by atoms with E-state index in [2.05, 4.69) is 12.6 Å². The van der Waals surface area contributed by atoms with Gasteiger partial charge in [-0.1, -0.05) is 0 Å². The van der Waals surface area contributed by atoms with E-state index in [0.717, 1.165) is 0 Å². The van der Waals surface area contributed by atoms with Crippen molar-refractivity contribution in [3.63, 3.8) is 0 Å². The minimum atomic E-state index is -4.71. The largest absolute Gasteiger partial charge is 0.419 e. The quantitative estimate of drug-likeness (QED) is 0.385. The molecule has 1 nitrogen and oxygen atoms in total. The summed E-state index contributed by atoms with van der Waals surface area (Å²) in [4.78, 5) is -0.0891. The van der Waals surface area contributed by atoms with E-state index < -0.39 is 17.6 Å². The molecule has 0 aliphatic heterocycles. The molecule has 0 heterocycles. The molecule has 72 valence electrons. The van der Waals surface area contributed by atoms with Gasteiger partial charge in [0.2, 0.25) is 0 Å². The molecule has 0 aromatic heterocycles. The lowest BCUT2D eigenvalue weighted by molar-refractivity contribution is -0.140. The first-order valence-corrected chi connectivity index (χ1v) is 3.62. The van der Waals surface area contributed by atoms with Crippen molar-refractivity contribution in [1.29, 1.82) is 0 Å². The van der Waals surface area contributed by atoms with Gasteiger partial charge < -0.3 is 5.73 Å². The molecule has 13 heavy (non-hydrogen) atoms. The van der Waals surface area contributed by atoms with Gasteiger partial charge in [0.15, 0.2) is 0 Å². The number of nitrogens with two attached hydrogens (primary N) is 1. The summed E-state index contributed by atoms with van der Waals surface area (Å²) in [6.07, 6.45) is -4.71. The zero-order chi connectivity index (χ0) is 10.2. The molecule has 0 fully saturated rings. The lowest BCUT2D eigenvalue weighted by Crippen LogP contribution is -2.08. The van der Waals surface area contributed by atoms with Crippen LogP contribution in [0.2, 0.25) is 0 Å². The van der Waals surface area contributed by atoms with Crippen LogP contribution in [0.4, 0.5) is 23.2 Å². The second-order valence-electron chi connectivity index (χ2n) is 2.39. The highest BCUT2D eigenvalue weighted by atomic mass is 32.1. The van der Waals surface area contributed by atoms with Crippen LogP contribution in [0.1, 0.15) is 5.56 Å². The summed E-state index contributed by atoms with van der Waals surface area (Å²) in [6.45, 7) is 0. The van der Waals surface area contributed by atoms with Crippen molar-refractivity contribution in [2.75, 3.05) is 5.73 Å². The topological polar surface area (TPSA) is 26.0 Å². The third-order valence-electron chi connectivity index (χ3n) is 1.42. The number of alkyl halides is 3. The van der Waals surface area contributed by atoms with Gasteiger partial charge >= 0.3 is 6.18 Å². The molecule has 6 heteroatoms. The van der Waals surface area contributed by atoms with Gasteiger partial charge in [0, 0.05) is 10.6 Å². The van der Waals surface area contributed by atoms with Crippen molar-refractivity contribution in [3.8, 4) is 0 Å². The third kappa shape index (κ3) is 2.06. The van der Waals surface area contributed by atoms with E-state index in [-0.39, 0.29) is 10.6 Å². The summed E-state index contributed by atoms with van der Waals surface area (Å²) >= 11 is 3.66. The van der Waals surface area contributed by atoms with E-state index >= 15 is 0 Å². The molecular weight excluding hydrogens is 206 g/mol. The van der Waals surface area contributed by atoms with Gasteiger partial charge in [0.1, 0.15) is 5.82 Å². The molecule has 0 spiro atoms. The van der Waals surface area contributed by atoms with Crippen molar-refractivity contribution in [1.82, 2.24) is 0 Å². The maximum absolute atomic E-state index is 12.7. The fourth-order valence-electron chi connectivity index (χ4n) is 0.794. The summed E-state index contributed by atoms with van der Waals surface area (Å²) in [5.74, 6) is -1.39. The number of hydrogen-bond acceptors (Lipinski definition) is 2. The maximum Gasteiger partial charge on any atom is 0.419 e. The summed E-state index contributed by atoms with van der Waals surface area (Å²) < 4.78 is 48.8. The van der Waals surface area contributed by atoms with Gasteiger partial charge in [0.25, 0.3) is 0 Å². The van der Waals surface area contributed by atoms with Gasteiger partial charge in [-0.15, -0.1) is 12.6 Å². The Kier molecular flexibility index (Phi) is 2.42. The van der Waals surface area contributed by atoms with Gasteiger partial charge in [-0.2, -0.15) is 13.2 Å². The van der Waals surface area contributed by atoms with Crippen LogP contribution in [0.25, 0.3) is 0 Å². The lowest BCUT2D eigenvalue weighted by atomic mass is 10.2. The van der Waals surface area contributed by atoms with Crippen LogP contribution in [0, 0.1) is 5.82 Å². The number of halogens is 4. The molecule has 0 unspecified atom stereocenters. The minimum absolute atomic E-state index is 0.0891. The predicted octanol–water partition coefficient (Wildman–Crippen LogP) is 2.72. The molecule has 0 bridgehead atoms. The zero-order valence-corrected chi connectivity index (χ0v) is 7.09. The number of nitrogen functional groups attached to an aromatic ring is 1. The number of rotatable bonds is 0. The Morgan fingerprint density at radius 1 is 1.23 bits per heavy atom. The summed E-state index contributed by atoms with van der Waals surface area (Å²) in [6, 6.07) is 1.17. The smallest absolute Gasteiger partial charge is 0.398 e. The molecule has 0 atom stereocenters. The molecular formula is C7H5F4NS. The van der Waals surface area contributed by atoms with Crippen molar-refractivity contribution in [2.45, 2.75) is 11.1 Å². The number of benzene rings is 1. The normalized spacial score (nSPS) is 11.8. The van der Waals surface area contributed by atoms with E-state index in [1.165, 1.54) is 0 Å². The second-order valence-corrected chi connectivity index (χ2v) is 2.87. The molecule has 2 N–H and O–H groups in total. The Hall–Kier alpha value is -0.910. The lowest BCUT2D eigenvalue weighted by Gasteiger charge is -2.09. The molecule has 0 amide bonds. The third-order valence-corrected chi connectivity index (χ3v) is 1.81. The first-order chi connectivity index (χ1) is 5.82. The molecule has 0 aliphatic carbocycles. The van der Waals surface area contributed by atoms with Crippen LogP contribution in [0.3, 0.4) is 0 Å². The van der Waals surface area contributed by atoms with Crippen LogP contribution in [-0.2, 0) is 6.18 Å². The minimum Gasteiger partial charge on any atom is -0.398 e. The Morgan fingerprint density at radius 2 is 1.77 bits per heavy atom. The molecule has 0 saturated heterocycles. The number of anilines is 1. The summed E-state index contributed by atoms with van der Waals surface area (Å²) in [7, 11) is 0. The van der Waals surface area contributed by atoms with Crippen LogP contribution in [-0.4, -0.2) is 0 Å². The maximum atomic E-state index is 12.7. The molecule has 0 aliphatic rings. The Labute approximate surface area is 77.0 Å². The van der Waals surface area contributed by atoms with Crippen LogP contribution < -0.4 is 5.73 Å².